The fraction of sp³-hybridized carbons (Fsp3) is 0.750. The van der Waals surface area contributed by atoms with E-state index in [1.165, 1.54) is 0 Å². The van der Waals surface area contributed by atoms with Gasteiger partial charge in [0.2, 0.25) is 0 Å². The van der Waals surface area contributed by atoms with Gasteiger partial charge in [-0.3, -0.25) is 4.98 Å². The van der Waals surface area contributed by atoms with Crippen LogP contribution in [0.4, 0.5) is 0 Å². The second kappa shape index (κ2) is 7.93. The molecule has 5 nitrogen and oxygen atoms in total. The third-order valence-electron chi connectivity index (χ3n) is 5.21. The number of hydrogen-bond donors (Lipinski definition) is 0. The van der Waals surface area contributed by atoms with Crippen molar-refractivity contribution in [2.45, 2.75) is 84.3 Å². The summed E-state index contributed by atoms with van der Waals surface area (Å²) in [4.78, 5) is 4.66. The maximum atomic E-state index is 6.25. The summed E-state index contributed by atoms with van der Waals surface area (Å²) in [6.45, 7) is 20.2. The van der Waals surface area contributed by atoms with Crippen LogP contribution in [0.2, 0.25) is 0 Å². The molecular weight excluding hydrogens is 359 g/mol. The summed E-state index contributed by atoms with van der Waals surface area (Å²) in [6.07, 6.45) is 1.78. The smallest absolute Gasteiger partial charge is 0.496 e. The van der Waals surface area contributed by atoms with Crippen molar-refractivity contribution in [3.05, 3.63) is 18.0 Å². The second-order valence-corrected chi connectivity index (χ2v) is 10.9. The Bertz CT molecular complexity index is 645. The zero-order valence-electron chi connectivity index (χ0n) is 18.5. The van der Waals surface area contributed by atoms with Crippen LogP contribution in [0.25, 0.3) is 0 Å². The van der Waals surface area contributed by atoms with Crippen molar-refractivity contribution in [2.24, 2.45) is 0 Å². The lowest BCUT2D eigenvalue weighted by Crippen LogP contribution is -2.41. The third-order valence-corrected chi connectivity index (χ3v) is 6.57. The van der Waals surface area contributed by atoms with Crippen LogP contribution in [0.3, 0.4) is 0 Å². The molecule has 0 bridgehead atoms. The van der Waals surface area contributed by atoms with Crippen LogP contribution in [-0.2, 0) is 9.31 Å². The first-order valence-corrected chi connectivity index (χ1v) is 10.4. The number of aromatic nitrogens is 1. The Balaban J connectivity index is 2.35. The van der Waals surface area contributed by atoms with E-state index in [2.05, 4.69) is 77.7 Å². The molecule has 1 unspecified atom stereocenters. The van der Waals surface area contributed by atoms with E-state index < -0.39 is 18.3 Å². The molecule has 0 amide bonds. The normalized spacial score (nSPS) is 20.2. The maximum absolute atomic E-state index is 6.25. The third kappa shape index (κ3) is 5.00. The first kappa shape index (κ1) is 22.5. The van der Waals surface area contributed by atoms with Crippen molar-refractivity contribution in [1.29, 1.82) is 0 Å². The Morgan fingerprint density at radius 2 is 1.78 bits per heavy atom. The molecule has 2 rings (SSSR count). The van der Waals surface area contributed by atoms with Crippen molar-refractivity contribution in [3.8, 4) is 5.75 Å². The van der Waals surface area contributed by atoms with Gasteiger partial charge in [-0.1, -0.05) is 18.9 Å². The van der Waals surface area contributed by atoms with E-state index in [0.717, 1.165) is 17.7 Å². The Kier molecular flexibility index (Phi) is 6.62. The number of hydrogen-bond acceptors (Lipinski definition) is 6. The minimum Gasteiger partial charge on any atom is -0.496 e. The number of methoxy groups -OCH3 is 1. The molecule has 1 aliphatic heterocycles. The van der Waals surface area contributed by atoms with E-state index in [4.69, 9.17) is 14.0 Å². The zero-order chi connectivity index (χ0) is 20.6. The van der Waals surface area contributed by atoms with Crippen LogP contribution in [-0.4, -0.2) is 46.0 Å². The minimum absolute atomic E-state index is 0.144. The highest BCUT2D eigenvalue weighted by molar-refractivity contribution is 7.98. The molecule has 1 atom stereocenters. The Morgan fingerprint density at radius 1 is 1.22 bits per heavy atom. The molecule has 2 heterocycles. The van der Waals surface area contributed by atoms with Gasteiger partial charge in [-0.15, -0.1) is 0 Å². The van der Waals surface area contributed by atoms with Gasteiger partial charge in [0.15, 0.2) is 0 Å². The molecular formula is C20H35BN2O3S. The molecule has 1 aromatic rings. The topological polar surface area (TPSA) is 43.8 Å². The second-order valence-electron chi connectivity index (χ2n) is 9.05. The van der Waals surface area contributed by atoms with Gasteiger partial charge >= 0.3 is 7.12 Å². The quantitative estimate of drug-likeness (QED) is 0.532. The van der Waals surface area contributed by atoms with Crippen LogP contribution >= 0.6 is 11.9 Å². The largest absolute Gasteiger partial charge is 0.498 e. The highest BCUT2D eigenvalue weighted by Crippen LogP contribution is 2.38. The average molecular weight is 394 g/mol. The lowest BCUT2D eigenvalue weighted by Gasteiger charge is -2.32. The van der Waals surface area contributed by atoms with Gasteiger partial charge in [0.25, 0.3) is 0 Å². The van der Waals surface area contributed by atoms with E-state index in [1.54, 1.807) is 13.3 Å². The van der Waals surface area contributed by atoms with E-state index in [9.17, 15) is 0 Å². The van der Waals surface area contributed by atoms with Crippen LogP contribution in [0.5, 0.6) is 5.75 Å². The van der Waals surface area contributed by atoms with Crippen LogP contribution < -0.4 is 10.2 Å². The highest BCUT2D eigenvalue weighted by Gasteiger charge is 2.52. The Hall–Kier alpha value is -0.755. The molecule has 0 aromatic carbocycles. The summed E-state index contributed by atoms with van der Waals surface area (Å²) in [6, 6.07) is 2.23. The molecule has 1 aliphatic rings. The number of rotatable bonds is 6. The van der Waals surface area contributed by atoms with Crippen LogP contribution in [0, 0.1) is 0 Å². The molecule has 7 heteroatoms. The highest BCUT2D eigenvalue weighted by atomic mass is 32.2. The first-order chi connectivity index (χ1) is 12.3. The molecule has 0 radical (unpaired) electrons. The minimum atomic E-state index is -0.468. The molecule has 0 saturated carbocycles. The van der Waals surface area contributed by atoms with E-state index in [0.29, 0.717) is 5.75 Å². The predicted octanol–water partition coefficient (Wildman–Crippen LogP) is 4.22. The summed E-state index contributed by atoms with van der Waals surface area (Å²) in [5, 5.41) is 0. The van der Waals surface area contributed by atoms with Gasteiger partial charge in [-0.05, 0) is 61.5 Å². The summed E-state index contributed by atoms with van der Waals surface area (Å²) in [5.41, 5.74) is 1.09. The Morgan fingerprint density at radius 3 is 2.22 bits per heavy atom. The fourth-order valence-electron chi connectivity index (χ4n) is 2.95. The van der Waals surface area contributed by atoms with Gasteiger partial charge in [0, 0.05) is 16.8 Å². The van der Waals surface area contributed by atoms with Crippen molar-refractivity contribution in [1.82, 2.24) is 9.29 Å². The molecule has 0 spiro atoms. The summed E-state index contributed by atoms with van der Waals surface area (Å²) < 4.78 is 20.6. The molecule has 152 valence electrons. The van der Waals surface area contributed by atoms with Crippen molar-refractivity contribution < 1.29 is 14.0 Å². The monoisotopic (exact) mass is 394 g/mol. The zero-order valence-corrected chi connectivity index (χ0v) is 19.4. The van der Waals surface area contributed by atoms with Gasteiger partial charge in [0.05, 0.1) is 36.2 Å². The molecule has 1 saturated heterocycles. The van der Waals surface area contributed by atoms with E-state index >= 15 is 0 Å². The number of nitrogens with zero attached hydrogens (tertiary/aromatic N) is 2. The number of pyridine rings is 1. The molecule has 27 heavy (non-hydrogen) atoms. The van der Waals surface area contributed by atoms with E-state index in [1.807, 2.05) is 11.9 Å². The van der Waals surface area contributed by atoms with Crippen LogP contribution in [0.15, 0.2) is 12.3 Å². The average Bonchev–Trinajstić information content (AvgIpc) is 2.78. The molecule has 0 aliphatic carbocycles. The van der Waals surface area contributed by atoms with Gasteiger partial charge in [-0.25, -0.2) is 4.31 Å². The van der Waals surface area contributed by atoms with E-state index in [-0.39, 0.29) is 10.8 Å². The lowest BCUT2D eigenvalue weighted by atomic mass is 9.78. The standard InChI is InChI=1S/C20H35BN2O3S/c1-11-23(27-18(3,4)5)14(2)16-12-15(17(24-10)13-22-16)21-25-19(6,7)20(8,9)26-21/h12-14H,11H2,1-10H3. The fourth-order valence-corrected chi connectivity index (χ4v) is 4.04. The van der Waals surface area contributed by atoms with Gasteiger partial charge < -0.3 is 14.0 Å². The van der Waals surface area contributed by atoms with Crippen LogP contribution in [0.1, 0.15) is 74.0 Å². The van der Waals surface area contributed by atoms with Gasteiger partial charge in [-0.2, -0.15) is 0 Å². The predicted molar refractivity (Wildman–Crippen MR) is 115 cm³/mol. The first-order valence-electron chi connectivity index (χ1n) is 9.66. The summed E-state index contributed by atoms with van der Waals surface area (Å²) in [5.74, 6) is 0.691. The van der Waals surface area contributed by atoms with Crippen molar-refractivity contribution in [2.75, 3.05) is 13.7 Å². The molecule has 1 aromatic heterocycles. The Labute approximate surface area is 169 Å². The summed E-state index contributed by atoms with van der Waals surface area (Å²) >= 11 is 1.85. The maximum Gasteiger partial charge on any atom is 0.498 e. The van der Waals surface area contributed by atoms with Gasteiger partial charge in [0.1, 0.15) is 5.75 Å². The van der Waals surface area contributed by atoms with Crippen molar-refractivity contribution >= 4 is 24.5 Å². The van der Waals surface area contributed by atoms with Crippen molar-refractivity contribution in [3.63, 3.8) is 0 Å². The summed E-state index contributed by atoms with van der Waals surface area (Å²) in [7, 11) is 1.19. The molecule has 0 N–H and O–H groups in total. The lowest BCUT2D eigenvalue weighted by molar-refractivity contribution is 0.00578. The SMILES string of the molecule is CCN(SC(C)(C)C)C(C)c1cc(B2OC(C)(C)C(C)(C)O2)c(OC)cn1. The number of ether oxygens (including phenoxy) is 1. The molecule has 1 fully saturated rings.